The van der Waals surface area contributed by atoms with Crippen LogP contribution in [-0.4, -0.2) is 109 Å². The highest BCUT2D eigenvalue weighted by Crippen LogP contribution is 2.48. The van der Waals surface area contributed by atoms with Gasteiger partial charge in [0, 0.05) is 25.5 Å². The maximum Gasteiger partial charge on any atom is 0.438 e. The summed E-state index contributed by atoms with van der Waals surface area (Å²) in [7, 11) is -1.17. The fourth-order valence-corrected chi connectivity index (χ4v) is 9.17. The van der Waals surface area contributed by atoms with E-state index in [9.17, 15) is 40.8 Å². The highest BCUT2D eigenvalue weighted by atomic mass is 32.2. The Morgan fingerprint density at radius 1 is 1.00 bits per heavy atom. The SMILES string of the molecule is COC[C@@H]1CCCCCC[C@H]2C[C@@]2(C(=O)NS(=O)(=O)C2CC2)NC(=O)[C@@H]2C[C@@H](Oc3nc4cc(OC)ccc4nc3C(F)(F)F)CN2C(=O)[C@H]1NC(=O)OC(C)(C)C. The fourth-order valence-electron chi connectivity index (χ4n) is 7.80. The van der Waals surface area contributed by atoms with Crippen molar-refractivity contribution in [3.8, 4) is 11.6 Å². The normalized spacial score (nSPS) is 27.3. The highest BCUT2D eigenvalue weighted by Gasteiger charge is 2.62. The first-order valence-corrected chi connectivity index (χ1v) is 21.1. The van der Waals surface area contributed by atoms with Crippen LogP contribution in [0.15, 0.2) is 18.2 Å². The van der Waals surface area contributed by atoms with E-state index >= 15 is 0 Å². The number of ether oxygens (including phenoxy) is 4. The van der Waals surface area contributed by atoms with Gasteiger partial charge in [0.05, 0.1) is 36.5 Å². The second-order valence-electron chi connectivity index (χ2n) is 16.6. The number of fused-ring (bicyclic) bond motifs is 3. The number of hydrogen-bond acceptors (Lipinski definition) is 12. The number of sulfonamides is 1. The minimum absolute atomic E-state index is 0.0296. The highest BCUT2D eigenvalue weighted by molar-refractivity contribution is 7.91. The molecule has 1 aromatic heterocycles. The standard InChI is InChI=1S/C38H51F3N6O10S/c1-36(2,3)57-35(51)44-29-21(20-54-4)10-8-6-7-9-11-22-18-37(22,34(50)46-58(52,53)25-13-14-25)45-31(48)28-17-24(19-47(28)33(29)49)56-32-30(38(39,40)41)42-26-15-12-23(55-5)16-27(26)43-32/h12,15-16,21-22,24-25,28-29H,6-11,13-14,17-20H2,1-5H3,(H,44,51)(H,45,48)(H,46,50)/t21-,22-,24+,28-,29-,37+/m0/s1. The van der Waals surface area contributed by atoms with Crippen molar-refractivity contribution in [1.82, 2.24) is 30.2 Å². The van der Waals surface area contributed by atoms with Crippen LogP contribution in [0.3, 0.4) is 0 Å². The lowest BCUT2D eigenvalue weighted by Crippen LogP contribution is -2.59. The predicted octanol–water partition coefficient (Wildman–Crippen LogP) is 4.00. The third-order valence-corrected chi connectivity index (χ3v) is 12.8. The molecule has 6 rings (SSSR count). The summed E-state index contributed by atoms with van der Waals surface area (Å²) < 4.78 is 93.4. The smallest absolute Gasteiger partial charge is 0.438 e. The van der Waals surface area contributed by atoms with Crippen molar-refractivity contribution in [3.63, 3.8) is 0 Å². The number of nitrogens with one attached hydrogen (secondary N) is 3. The molecule has 0 unspecified atom stereocenters. The second kappa shape index (κ2) is 16.7. The molecule has 2 aliphatic heterocycles. The average Bonchev–Trinajstić information content (AvgIpc) is 4.06. The Kier molecular flexibility index (Phi) is 12.4. The van der Waals surface area contributed by atoms with E-state index in [-0.39, 0.29) is 30.5 Å². The molecular formula is C38H51F3N6O10S. The molecule has 1 aromatic carbocycles. The van der Waals surface area contributed by atoms with Gasteiger partial charge in [0.15, 0.2) is 0 Å². The van der Waals surface area contributed by atoms with Gasteiger partial charge in [-0.15, -0.1) is 0 Å². The molecule has 3 N–H and O–H groups in total. The van der Waals surface area contributed by atoms with E-state index in [0.29, 0.717) is 44.3 Å². The van der Waals surface area contributed by atoms with Crippen molar-refractivity contribution in [2.45, 2.75) is 126 Å². The number of rotatable bonds is 9. The summed E-state index contributed by atoms with van der Waals surface area (Å²) in [6, 6.07) is 1.37. The molecule has 0 radical (unpaired) electrons. The second-order valence-corrected chi connectivity index (χ2v) is 18.5. The Bertz CT molecular complexity index is 2010. The van der Waals surface area contributed by atoms with Crippen LogP contribution in [0.5, 0.6) is 11.6 Å². The molecule has 4 amide bonds. The van der Waals surface area contributed by atoms with Crippen LogP contribution in [0.4, 0.5) is 18.0 Å². The van der Waals surface area contributed by atoms with E-state index in [0.717, 1.165) is 17.7 Å². The third kappa shape index (κ3) is 9.86. The zero-order valence-corrected chi connectivity index (χ0v) is 34.0. The number of hydrogen-bond donors (Lipinski definition) is 3. The van der Waals surface area contributed by atoms with E-state index < -0.39 is 105 Å². The summed E-state index contributed by atoms with van der Waals surface area (Å²) in [5, 5.41) is 4.73. The maximum atomic E-state index is 14.8. The van der Waals surface area contributed by atoms with Gasteiger partial charge in [-0.25, -0.2) is 23.2 Å². The minimum Gasteiger partial charge on any atom is -0.497 e. The van der Waals surface area contributed by atoms with Gasteiger partial charge in [0.1, 0.15) is 35.1 Å². The average molecular weight is 841 g/mol. The first-order chi connectivity index (χ1) is 27.2. The van der Waals surface area contributed by atoms with Crippen LogP contribution in [0.2, 0.25) is 0 Å². The molecule has 20 heteroatoms. The molecule has 2 saturated carbocycles. The molecule has 58 heavy (non-hydrogen) atoms. The summed E-state index contributed by atoms with van der Waals surface area (Å²) in [5.74, 6) is -4.10. The van der Waals surface area contributed by atoms with Crippen molar-refractivity contribution in [3.05, 3.63) is 23.9 Å². The number of alkyl carbamates (subject to hydrolysis) is 1. The molecule has 3 heterocycles. The molecular weight excluding hydrogens is 790 g/mol. The summed E-state index contributed by atoms with van der Waals surface area (Å²) in [6.07, 6.45) is -2.90. The van der Waals surface area contributed by atoms with Crippen LogP contribution in [0, 0.1) is 11.8 Å². The summed E-state index contributed by atoms with van der Waals surface area (Å²) in [4.78, 5) is 65.4. The Morgan fingerprint density at radius 3 is 2.34 bits per heavy atom. The van der Waals surface area contributed by atoms with E-state index in [2.05, 4.69) is 25.3 Å². The Hall–Kier alpha value is -4.46. The lowest BCUT2D eigenvalue weighted by Gasteiger charge is -2.33. The fraction of sp³-hybridized carbons (Fsp3) is 0.684. The Balaban J connectivity index is 1.38. The number of amides is 4. The lowest BCUT2D eigenvalue weighted by atomic mass is 9.92. The molecule has 6 atom stereocenters. The molecule has 4 aliphatic rings. The van der Waals surface area contributed by atoms with Gasteiger partial charge in [0.25, 0.3) is 5.91 Å². The molecule has 2 saturated heterocycles. The van der Waals surface area contributed by atoms with E-state index in [1.807, 2.05) is 0 Å². The van der Waals surface area contributed by atoms with Gasteiger partial charge in [-0.05, 0) is 70.9 Å². The number of halogens is 3. The molecule has 4 fully saturated rings. The third-order valence-electron chi connectivity index (χ3n) is 11.0. The van der Waals surface area contributed by atoms with Gasteiger partial charge in [0.2, 0.25) is 33.4 Å². The minimum atomic E-state index is -5.01. The summed E-state index contributed by atoms with van der Waals surface area (Å²) in [5.41, 5.74) is -4.03. The van der Waals surface area contributed by atoms with E-state index in [1.54, 1.807) is 20.8 Å². The van der Waals surface area contributed by atoms with Crippen LogP contribution in [0.1, 0.15) is 90.7 Å². The van der Waals surface area contributed by atoms with Crippen LogP contribution in [-0.2, 0) is 40.1 Å². The van der Waals surface area contributed by atoms with Crippen molar-refractivity contribution < 1.29 is 59.7 Å². The number of carbonyl (C=O) groups is 4. The predicted molar refractivity (Wildman–Crippen MR) is 201 cm³/mol. The molecule has 320 valence electrons. The number of carbonyl (C=O) groups excluding carboxylic acids is 4. The monoisotopic (exact) mass is 840 g/mol. The number of methoxy groups -OCH3 is 2. The van der Waals surface area contributed by atoms with Crippen LogP contribution in [0.25, 0.3) is 11.0 Å². The van der Waals surface area contributed by atoms with Gasteiger partial charge < -0.3 is 34.5 Å². The van der Waals surface area contributed by atoms with E-state index in [4.69, 9.17) is 18.9 Å². The van der Waals surface area contributed by atoms with Crippen molar-refractivity contribution in [2.75, 3.05) is 27.4 Å². The van der Waals surface area contributed by atoms with Gasteiger partial charge in [-0.2, -0.15) is 13.2 Å². The van der Waals surface area contributed by atoms with Crippen LogP contribution < -0.4 is 24.8 Å². The quantitative estimate of drug-likeness (QED) is 0.328. The van der Waals surface area contributed by atoms with Crippen LogP contribution >= 0.6 is 0 Å². The number of nitrogens with zero attached hydrogens (tertiary/aromatic N) is 3. The molecule has 0 bridgehead atoms. The number of alkyl halides is 3. The Labute approximate surface area is 334 Å². The first-order valence-electron chi connectivity index (χ1n) is 19.5. The molecule has 16 nitrogen and oxygen atoms in total. The number of aromatic nitrogens is 2. The zero-order chi connectivity index (χ0) is 42.2. The van der Waals surface area contributed by atoms with Crippen molar-refractivity contribution >= 4 is 44.9 Å². The van der Waals surface area contributed by atoms with Gasteiger partial charge in [-0.1, -0.05) is 25.7 Å². The maximum absolute atomic E-state index is 14.8. The Morgan fingerprint density at radius 2 is 1.71 bits per heavy atom. The molecule has 0 spiro atoms. The van der Waals surface area contributed by atoms with Gasteiger partial charge >= 0.3 is 12.3 Å². The van der Waals surface area contributed by atoms with Gasteiger partial charge in [-0.3, -0.25) is 19.1 Å². The summed E-state index contributed by atoms with van der Waals surface area (Å²) >= 11 is 0. The zero-order valence-electron chi connectivity index (χ0n) is 33.1. The van der Waals surface area contributed by atoms with Crippen molar-refractivity contribution in [1.29, 1.82) is 0 Å². The topological polar surface area (TPSA) is 204 Å². The van der Waals surface area contributed by atoms with E-state index in [1.165, 1.54) is 32.4 Å². The molecule has 2 aliphatic carbocycles. The van der Waals surface area contributed by atoms with Crippen molar-refractivity contribution in [2.24, 2.45) is 11.8 Å². The largest absolute Gasteiger partial charge is 0.497 e. The summed E-state index contributed by atoms with van der Waals surface area (Å²) in [6.45, 7) is 4.54. The first kappa shape index (κ1) is 43.1. The number of benzene rings is 1. The lowest BCUT2D eigenvalue weighted by molar-refractivity contribution is -0.143. The molecule has 2 aromatic rings.